The molecule has 0 saturated carbocycles. The molecular formula is C17H24N2. The second-order valence-corrected chi connectivity index (χ2v) is 5.46. The fraction of sp³-hybridized carbons (Fsp3) is 0.471. The molecule has 1 aromatic carbocycles. The zero-order chi connectivity index (χ0) is 13.7. The van der Waals surface area contributed by atoms with E-state index in [2.05, 4.69) is 55.3 Å². The molecule has 0 bridgehead atoms. The number of rotatable bonds is 6. The number of unbranched alkanes of at least 4 members (excludes halogenated alkanes) is 1. The van der Waals surface area contributed by atoms with Gasteiger partial charge in [0.25, 0.3) is 0 Å². The molecule has 0 amide bonds. The molecule has 2 heteroatoms. The van der Waals surface area contributed by atoms with Crippen LogP contribution in [0, 0.1) is 0 Å². The summed E-state index contributed by atoms with van der Waals surface area (Å²) in [6, 6.07) is 9.59. The van der Waals surface area contributed by atoms with Crippen LogP contribution in [0.5, 0.6) is 0 Å². The third-order valence-electron chi connectivity index (χ3n) is 3.47. The molecule has 2 aromatic rings. The smallest absolute Gasteiger partial charge is 0.0346 e. The van der Waals surface area contributed by atoms with Crippen LogP contribution >= 0.6 is 0 Å². The van der Waals surface area contributed by atoms with Gasteiger partial charge in [-0.1, -0.05) is 51.8 Å². The minimum atomic E-state index is 0.436. The number of pyridine rings is 1. The molecule has 1 unspecified atom stereocenters. The van der Waals surface area contributed by atoms with Gasteiger partial charge in [0, 0.05) is 29.9 Å². The van der Waals surface area contributed by atoms with E-state index in [4.69, 9.17) is 0 Å². The zero-order valence-electron chi connectivity index (χ0n) is 12.2. The van der Waals surface area contributed by atoms with Gasteiger partial charge in [-0.2, -0.15) is 0 Å². The molecule has 1 N–H and O–H groups in total. The summed E-state index contributed by atoms with van der Waals surface area (Å²) >= 11 is 0. The zero-order valence-corrected chi connectivity index (χ0v) is 12.2. The molecule has 102 valence electrons. The summed E-state index contributed by atoms with van der Waals surface area (Å²) in [7, 11) is 0. The van der Waals surface area contributed by atoms with E-state index < -0.39 is 0 Å². The van der Waals surface area contributed by atoms with Gasteiger partial charge in [0.15, 0.2) is 0 Å². The van der Waals surface area contributed by atoms with Gasteiger partial charge in [0.2, 0.25) is 0 Å². The van der Waals surface area contributed by atoms with Gasteiger partial charge >= 0.3 is 0 Å². The fourth-order valence-corrected chi connectivity index (χ4v) is 2.59. The predicted octanol–water partition coefficient (Wildman–Crippen LogP) is 4.46. The van der Waals surface area contributed by atoms with Gasteiger partial charge in [-0.05, 0) is 23.4 Å². The lowest BCUT2D eigenvalue weighted by Gasteiger charge is -2.23. The molecule has 0 aliphatic rings. The lowest BCUT2D eigenvalue weighted by atomic mass is 9.95. The molecule has 0 saturated heterocycles. The Balaban J connectivity index is 2.37. The molecule has 2 rings (SSSR count). The van der Waals surface area contributed by atoms with Crippen LogP contribution in [0.25, 0.3) is 10.8 Å². The van der Waals surface area contributed by atoms with Crippen LogP contribution in [-0.4, -0.2) is 11.0 Å². The summed E-state index contributed by atoms with van der Waals surface area (Å²) in [5.74, 6) is 0. The van der Waals surface area contributed by atoms with Gasteiger partial charge < -0.3 is 5.32 Å². The van der Waals surface area contributed by atoms with Crippen molar-refractivity contribution in [1.82, 2.24) is 10.3 Å². The second-order valence-electron chi connectivity index (χ2n) is 5.46. The molecule has 19 heavy (non-hydrogen) atoms. The average molecular weight is 256 g/mol. The first-order valence-electron chi connectivity index (χ1n) is 7.31. The van der Waals surface area contributed by atoms with Gasteiger partial charge in [0.1, 0.15) is 0 Å². The predicted molar refractivity (Wildman–Crippen MR) is 82.3 cm³/mol. The molecule has 0 aliphatic carbocycles. The van der Waals surface area contributed by atoms with Crippen molar-refractivity contribution in [2.75, 3.05) is 0 Å². The molecular weight excluding hydrogens is 232 g/mol. The Bertz CT molecular complexity index is 514. The number of nitrogens with zero attached hydrogens (tertiary/aromatic N) is 1. The quantitative estimate of drug-likeness (QED) is 0.825. The van der Waals surface area contributed by atoms with E-state index in [1.54, 1.807) is 0 Å². The number of nitrogens with one attached hydrogen (secondary N) is 1. The summed E-state index contributed by atoms with van der Waals surface area (Å²) in [6.07, 6.45) is 7.52. The van der Waals surface area contributed by atoms with E-state index in [1.807, 2.05) is 12.4 Å². The minimum Gasteiger partial charge on any atom is -0.308 e. The highest BCUT2D eigenvalue weighted by molar-refractivity contribution is 5.85. The van der Waals surface area contributed by atoms with Crippen LogP contribution in [0.1, 0.15) is 51.6 Å². The second kappa shape index (κ2) is 6.67. The van der Waals surface area contributed by atoms with E-state index in [0.29, 0.717) is 12.1 Å². The Morgan fingerprint density at radius 3 is 2.79 bits per heavy atom. The van der Waals surface area contributed by atoms with Crippen LogP contribution in [0.3, 0.4) is 0 Å². The Labute approximate surface area is 116 Å². The number of fused-ring (bicyclic) bond motifs is 1. The fourth-order valence-electron chi connectivity index (χ4n) is 2.59. The van der Waals surface area contributed by atoms with Crippen molar-refractivity contribution in [3.8, 4) is 0 Å². The molecule has 0 radical (unpaired) electrons. The molecule has 2 nitrogen and oxygen atoms in total. The Kier molecular flexibility index (Phi) is 4.92. The average Bonchev–Trinajstić information content (AvgIpc) is 2.42. The Hall–Kier alpha value is -1.41. The van der Waals surface area contributed by atoms with Crippen molar-refractivity contribution in [3.63, 3.8) is 0 Å². The molecule has 0 spiro atoms. The minimum absolute atomic E-state index is 0.436. The normalized spacial score (nSPS) is 13.1. The van der Waals surface area contributed by atoms with Gasteiger partial charge in [-0.25, -0.2) is 0 Å². The van der Waals surface area contributed by atoms with Crippen LogP contribution in [0.15, 0.2) is 36.7 Å². The van der Waals surface area contributed by atoms with Gasteiger partial charge in [-0.3, -0.25) is 4.98 Å². The number of hydrogen-bond acceptors (Lipinski definition) is 2. The largest absolute Gasteiger partial charge is 0.308 e. The summed E-state index contributed by atoms with van der Waals surface area (Å²) < 4.78 is 0. The standard InChI is InChI=1S/C17H24N2/c1-4-5-9-17(19-13(2)3)16-8-6-7-14-12-18-11-10-15(14)16/h6-8,10-13,17,19H,4-5,9H2,1-3H3. The van der Waals surface area contributed by atoms with Crippen molar-refractivity contribution in [2.45, 2.75) is 52.1 Å². The number of benzene rings is 1. The van der Waals surface area contributed by atoms with Crippen LogP contribution in [0.4, 0.5) is 0 Å². The highest BCUT2D eigenvalue weighted by Gasteiger charge is 2.14. The Morgan fingerprint density at radius 2 is 2.05 bits per heavy atom. The molecule has 1 aromatic heterocycles. The maximum atomic E-state index is 4.22. The number of aromatic nitrogens is 1. The van der Waals surface area contributed by atoms with Crippen LogP contribution in [-0.2, 0) is 0 Å². The first-order valence-corrected chi connectivity index (χ1v) is 7.31. The highest BCUT2D eigenvalue weighted by Crippen LogP contribution is 2.27. The monoisotopic (exact) mass is 256 g/mol. The van der Waals surface area contributed by atoms with E-state index in [0.717, 1.165) is 0 Å². The maximum absolute atomic E-state index is 4.22. The summed E-state index contributed by atoms with van der Waals surface area (Å²) in [5.41, 5.74) is 1.40. The van der Waals surface area contributed by atoms with Crippen molar-refractivity contribution in [3.05, 3.63) is 42.2 Å². The molecule has 0 aliphatic heterocycles. The topological polar surface area (TPSA) is 24.9 Å². The lowest BCUT2D eigenvalue weighted by Crippen LogP contribution is -2.28. The first-order chi connectivity index (χ1) is 9.22. The third kappa shape index (κ3) is 3.54. The third-order valence-corrected chi connectivity index (χ3v) is 3.47. The van der Waals surface area contributed by atoms with Gasteiger partial charge in [-0.15, -0.1) is 0 Å². The number of hydrogen-bond donors (Lipinski definition) is 1. The maximum Gasteiger partial charge on any atom is 0.0346 e. The van der Waals surface area contributed by atoms with E-state index in [9.17, 15) is 0 Å². The van der Waals surface area contributed by atoms with E-state index in [1.165, 1.54) is 35.6 Å². The summed E-state index contributed by atoms with van der Waals surface area (Å²) in [5, 5.41) is 6.26. The lowest BCUT2D eigenvalue weighted by molar-refractivity contribution is 0.442. The first kappa shape index (κ1) is 14.0. The van der Waals surface area contributed by atoms with Crippen LogP contribution < -0.4 is 5.32 Å². The van der Waals surface area contributed by atoms with Crippen LogP contribution in [0.2, 0.25) is 0 Å². The molecule has 1 heterocycles. The summed E-state index contributed by atoms with van der Waals surface area (Å²) in [6.45, 7) is 6.68. The van der Waals surface area contributed by atoms with Crippen molar-refractivity contribution < 1.29 is 0 Å². The SMILES string of the molecule is CCCCC(NC(C)C)c1cccc2cnccc12. The Morgan fingerprint density at radius 1 is 1.21 bits per heavy atom. The molecule has 0 fully saturated rings. The van der Waals surface area contributed by atoms with Gasteiger partial charge in [0.05, 0.1) is 0 Å². The van der Waals surface area contributed by atoms with Crippen molar-refractivity contribution in [2.24, 2.45) is 0 Å². The van der Waals surface area contributed by atoms with Crippen molar-refractivity contribution in [1.29, 1.82) is 0 Å². The van der Waals surface area contributed by atoms with Crippen molar-refractivity contribution >= 4 is 10.8 Å². The molecule has 1 atom stereocenters. The van der Waals surface area contributed by atoms with E-state index in [-0.39, 0.29) is 0 Å². The van der Waals surface area contributed by atoms with E-state index >= 15 is 0 Å². The summed E-state index contributed by atoms with van der Waals surface area (Å²) in [4.78, 5) is 4.22. The highest BCUT2D eigenvalue weighted by atomic mass is 14.9.